The largest absolute Gasteiger partial charge is 0.481 e. The Hall–Kier alpha value is -1.17. The van der Waals surface area contributed by atoms with Crippen LogP contribution in [-0.2, 0) is 20.8 Å². The first kappa shape index (κ1) is 13.8. The zero-order chi connectivity index (χ0) is 13.8. The van der Waals surface area contributed by atoms with E-state index in [0.717, 1.165) is 44.5 Å². The van der Waals surface area contributed by atoms with Gasteiger partial charge in [-0.05, 0) is 25.0 Å². The van der Waals surface area contributed by atoms with Crippen LogP contribution >= 0.6 is 0 Å². The van der Waals surface area contributed by atoms with Crippen LogP contribution in [0.15, 0.2) is 18.3 Å². The number of ether oxygens (including phenoxy) is 4. The van der Waals surface area contributed by atoms with Crippen LogP contribution in [0.4, 0.5) is 0 Å². The predicted octanol–water partition coefficient (Wildman–Crippen LogP) is 2.29. The molecule has 5 heteroatoms. The van der Waals surface area contributed by atoms with Crippen LogP contribution in [0.3, 0.4) is 0 Å². The summed E-state index contributed by atoms with van der Waals surface area (Å²) in [6.07, 6.45) is 5.77. The molecule has 110 valence electrons. The smallest absolute Gasteiger partial charge is 0.218 e. The van der Waals surface area contributed by atoms with Gasteiger partial charge in [-0.1, -0.05) is 0 Å². The standard InChI is InChI=1S/C15H21NO4/c1-17-14-12(3-2-8-16-14)11-18-13-4-6-15(7-5-13)19-9-10-20-15/h2-3,8,13H,4-7,9-11H2,1H3. The molecule has 1 aromatic heterocycles. The molecule has 1 saturated heterocycles. The van der Waals surface area contributed by atoms with E-state index in [4.69, 9.17) is 18.9 Å². The molecule has 1 spiro atoms. The highest BCUT2D eigenvalue weighted by molar-refractivity contribution is 5.24. The summed E-state index contributed by atoms with van der Waals surface area (Å²) in [5, 5.41) is 0. The average Bonchev–Trinajstić information content (AvgIpc) is 2.95. The van der Waals surface area contributed by atoms with Crippen LogP contribution in [0.5, 0.6) is 5.88 Å². The van der Waals surface area contributed by atoms with Crippen molar-refractivity contribution < 1.29 is 18.9 Å². The molecule has 20 heavy (non-hydrogen) atoms. The van der Waals surface area contributed by atoms with Crippen molar-refractivity contribution in [1.29, 1.82) is 0 Å². The maximum atomic E-state index is 5.98. The number of hydrogen-bond acceptors (Lipinski definition) is 5. The zero-order valence-corrected chi connectivity index (χ0v) is 11.8. The molecule has 2 fully saturated rings. The van der Waals surface area contributed by atoms with Crippen LogP contribution in [0.2, 0.25) is 0 Å². The third-order valence-electron chi connectivity index (χ3n) is 4.03. The highest BCUT2D eigenvalue weighted by Crippen LogP contribution is 2.37. The number of methoxy groups -OCH3 is 1. The molecular formula is C15H21NO4. The highest BCUT2D eigenvalue weighted by Gasteiger charge is 2.40. The lowest BCUT2D eigenvalue weighted by Crippen LogP contribution is -2.37. The number of aromatic nitrogens is 1. The van der Waals surface area contributed by atoms with Gasteiger partial charge in [-0.3, -0.25) is 0 Å². The first-order chi connectivity index (χ1) is 9.81. The van der Waals surface area contributed by atoms with E-state index in [2.05, 4.69) is 4.98 Å². The number of nitrogens with zero attached hydrogens (tertiary/aromatic N) is 1. The quantitative estimate of drug-likeness (QED) is 0.846. The van der Waals surface area contributed by atoms with Gasteiger partial charge in [-0.15, -0.1) is 0 Å². The van der Waals surface area contributed by atoms with Crippen LogP contribution < -0.4 is 4.74 Å². The van der Waals surface area contributed by atoms with E-state index in [9.17, 15) is 0 Å². The molecule has 1 saturated carbocycles. The molecule has 0 atom stereocenters. The lowest BCUT2D eigenvalue weighted by Gasteiger charge is -2.35. The maximum absolute atomic E-state index is 5.98. The summed E-state index contributed by atoms with van der Waals surface area (Å²) in [6.45, 7) is 1.98. The summed E-state index contributed by atoms with van der Waals surface area (Å²) in [6, 6.07) is 3.89. The second-order valence-corrected chi connectivity index (χ2v) is 5.29. The van der Waals surface area contributed by atoms with Gasteiger partial charge < -0.3 is 18.9 Å². The molecule has 0 radical (unpaired) electrons. The summed E-state index contributed by atoms with van der Waals surface area (Å²) >= 11 is 0. The molecule has 3 rings (SSSR count). The number of rotatable bonds is 4. The van der Waals surface area contributed by atoms with Crippen molar-refractivity contribution in [2.75, 3.05) is 20.3 Å². The van der Waals surface area contributed by atoms with Crippen LogP contribution in [0.25, 0.3) is 0 Å². The van der Waals surface area contributed by atoms with Crippen molar-refractivity contribution in [2.24, 2.45) is 0 Å². The molecule has 1 aliphatic heterocycles. The van der Waals surface area contributed by atoms with Gasteiger partial charge in [0, 0.05) is 24.6 Å². The van der Waals surface area contributed by atoms with Crippen molar-refractivity contribution >= 4 is 0 Å². The van der Waals surface area contributed by atoms with E-state index >= 15 is 0 Å². The summed E-state index contributed by atoms with van der Waals surface area (Å²) < 4.78 is 22.7. The Morgan fingerprint density at radius 1 is 1.30 bits per heavy atom. The number of pyridine rings is 1. The molecule has 1 aromatic rings. The molecule has 0 bridgehead atoms. The van der Waals surface area contributed by atoms with Crippen LogP contribution in [0, 0.1) is 0 Å². The minimum absolute atomic E-state index is 0.262. The van der Waals surface area contributed by atoms with Gasteiger partial charge in [0.25, 0.3) is 0 Å². The summed E-state index contributed by atoms with van der Waals surface area (Å²) in [5.41, 5.74) is 0.989. The molecule has 0 unspecified atom stereocenters. The molecule has 2 heterocycles. The Labute approximate surface area is 119 Å². The molecule has 2 aliphatic rings. The van der Waals surface area contributed by atoms with Crippen molar-refractivity contribution in [3.05, 3.63) is 23.9 Å². The summed E-state index contributed by atoms with van der Waals surface area (Å²) in [5.74, 6) is 0.327. The van der Waals surface area contributed by atoms with Gasteiger partial charge in [-0.25, -0.2) is 4.98 Å². The first-order valence-electron chi connectivity index (χ1n) is 7.19. The van der Waals surface area contributed by atoms with E-state index in [1.807, 2.05) is 12.1 Å². The zero-order valence-electron chi connectivity index (χ0n) is 11.8. The molecular weight excluding hydrogens is 258 g/mol. The molecule has 0 aromatic carbocycles. The maximum Gasteiger partial charge on any atom is 0.218 e. The fourth-order valence-electron chi connectivity index (χ4n) is 2.91. The number of hydrogen-bond donors (Lipinski definition) is 0. The fraction of sp³-hybridized carbons (Fsp3) is 0.667. The lowest BCUT2D eigenvalue weighted by atomic mass is 9.92. The SMILES string of the molecule is COc1ncccc1COC1CCC2(CC1)OCCO2. The normalized spacial score (nSPS) is 22.2. The van der Waals surface area contributed by atoms with E-state index in [1.165, 1.54) is 0 Å². The van der Waals surface area contributed by atoms with Crippen LogP contribution in [0.1, 0.15) is 31.2 Å². The predicted molar refractivity (Wildman–Crippen MR) is 72.5 cm³/mol. The topological polar surface area (TPSA) is 49.8 Å². The van der Waals surface area contributed by atoms with E-state index in [1.54, 1.807) is 13.3 Å². The molecule has 1 aliphatic carbocycles. The second-order valence-electron chi connectivity index (χ2n) is 5.29. The first-order valence-corrected chi connectivity index (χ1v) is 7.19. The molecule has 0 amide bonds. The summed E-state index contributed by atoms with van der Waals surface area (Å²) in [7, 11) is 1.63. The Balaban J connectivity index is 1.50. The second kappa shape index (κ2) is 6.08. The fourth-order valence-corrected chi connectivity index (χ4v) is 2.91. The van der Waals surface area contributed by atoms with E-state index < -0.39 is 0 Å². The van der Waals surface area contributed by atoms with Gasteiger partial charge in [0.1, 0.15) is 0 Å². The average molecular weight is 279 g/mol. The highest BCUT2D eigenvalue weighted by atomic mass is 16.7. The van der Waals surface area contributed by atoms with E-state index in [-0.39, 0.29) is 11.9 Å². The Morgan fingerprint density at radius 3 is 2.75 bits per heavy atom. The van der Waals surface area contributed by atoms with Gasteiger partial charge in [0.2, 0.25) is 5.88 Å². The van der Waals surface area contributed by atoms with Crippen molar-refractivity contribution in [2.45, 2.75) is 44.2 Å². The van der Waals surface area contributed by atoms with Gasteiger partial charge in [-0.2, -0.15) is 0 Å². The van der Waals surface area contributed by atoms with Gasteiger partial charge in [0.15, 0.2) is 5.79 Å². The van der Waals surface area contributed by atoms with E-state index in [0.29, 0.717) is 12.5 Å². The monoisotopic (exact) mass is 279 g/mol. The lowest BCUT2D eigenvalue weighted by molar-refractivity contribution is -0.192. The third-order valence-corrected chi connectivity index (χ3v) is 4.03. The third kappa shape index (κ3) is 2.95. The van der Waals surface area contributed by atoms with Crippen LogP contribution in [-0.4, -0.2) is 37.2 Å². The Bertz CT molecular complexity index is 435. The van der Waals surface area contributed by atoms with Crippen molar-refractivity contribution in [3.63, 3.8) is 0 Å². The van der Waals surface area contributed by atoms with Crippen molar-refractivity contribution in [1.82, 2.24) is 4.98 Å². The van der Waals surface area contributed by atoms with Gasteiger partial charge in [0.05, 0.1) is 33.0 Å². The minimum atomic E-state index is -0.314. The Kier molecular flexibility index (Phi) is 4.19. The summed E-state index contributed by atoms with van der Waals surface area (Å²) in [4.78, 5) is 4.18. The Morgan fingerprint density at radius 2 is 2.05 bits per heavy atom. The molecule has 5 nitrogen and oxygen atoms in total. The minimum Gasteiger partial charge on any atom is -0.481 e. The van der Waals surface area contributed by atoms with Crippen molar-refractivity contribution in [3.8, 4) is 5.88 Å². The molecule has 0 N–H and O–H groups in total. The van der Waals surface area contributed by atoms with Gasteiger partial charge >= 0.3 is 0 Å².